The average molecular weight is 281 g/mol. The van der Waals surface area contributed by atoms with E-state index in [9.17, 15) is 9.59 Å². The molecule has 1 amide bonds. The minimum atomic E-state index is -0.314. The fraction of sp³-hybridized carbons (Fsp3) is 0.250. The number of hydrogen-bond acceptors (Lipinski definition) is 4. The third-order valence-corrected chi connectivity index (χ3v) is 2.90. The Hall–Kier alpha value is -2.08. The molecule has 0 atom stereocenters. The molecule has 7 heteroatoms. The summed E-state index contributed by atoms with van der Waals surface area (Å²) in [6.45, 7) is 1.36. The number of hydrazine groups is 1. The number of carbonyl (C=O) groups excluding carboxylic acids is 1. The molecule has 0 spiro atoms. The topological polar surface area (TPSA) is 67.2 Å². The second-order valence-electron chi connectivity index (χ2n) is 4.16. The van der Waals surface area contributed by atoms with Gasteiger partial charge in [0.2, 0.25) is 11.7 Å². The van der Waals surface area contributed by atoms with E-state index >= 15 is 0 Å². The number of hydrogen-bond donors (Lipinski definition) is 1. The molecule has 0 aliphatic carbocycles. The highest BCUT2D eigenvalue weighted by molar-refractivity contribution is 6.31. The van der Waals surface area contributed by atoms with Crippen LogP contribution < -0.4 is 16.0 Å². The monoisotopic (exact) mass is 280 g/mol. The van der Waals surface area contributed by atoms with E-state index < -0.39 is 0 Å². The minimum absolute atomic E-state index is 0.146. The van der Waals surface area contributed by atoms with E-state index in [0.717, 1.165) is 0 Å². The smallest absolute Gasteiger partial charge is 0.295 e. The number of aromatic nitrogens is 2. The van der Waals surface area contributed by atoms with Crippen molar-refractivity contribution < 1.29 is 4.79 Å². The van der Waals surface area contributed by atoms with E-state index in [-0.39, 0.29) is 17.3 Å². The number of amides is 1. The third kappa shape index (κ3) is 2.53. The molecule has 1 N–H and O–H groups in total. The lowest BCUT2D eigenvalue weighted by Crippen LogP contribution is -2.42. The number of halogens is 1. The second-order valence-corrected chi connectivity index (χ2v) is 4.60. The maximum absolute atomic E-state index is 12.2. The molecule has 0 aliphatic heterocycles. The zero-order valence-electron chi connectivity index (χ0n) is 10.8. The minimum Gasteiger partial charge on any atom is -0.307 e. The van der Waals surface area contributed by atoms with Gasteiger partial charge in [-0.1, -0.05) is 11.6 Å². The largest absolute Gasteiger partial charge is 0.307 e. The molecule has 0 saturated carbocycles. The van der Waals surface area contributed by atoms with Crippen molar-refractivity contribution in [2.45, 2.75) is 6.92 Å². The number of aryl methyl sites for hydroxylation is 1. The molecule has 100 valence electrons. The molecule has 0 bridgehead atoms. The summed E-state index contributed by atoms with van der Waals surface area (Å²) in [4.78, 5) is 27.5. The van der Waals surface area contributed by atoms with Gasteiger partial charge >= 0.3 is 0 Å². The Kier molecular flexibility index (Phi) is 3.44. The van der Waals surface area contributed by atoms with Gasteiger partial charge in [-0.3, -0.25) is 20.0 Å². The van der Waals surface area contributed by atoms with Gasteiger partial charge in [0.05, 0.1) is 11.0 Å². The Morgan fingerprint density at radius 1 is 1.47 bits per heavy atom. The van der Waals surface area contributed by atoms with Crippen LogP contribution in [0.4, 0.5) is 5.82 Å². The first-order valence-corrected chi connectivity index (χ1v) is 5.95. The van der Waals surface area contributed by atoms with Gasteiger partial charge in [-0.15, -0.1) is 0 Å². The lowest BCUT2D eigenvalue weighted by Gasteiger charge is -2.18. The normalized spacial score (nSPS) is 10.5. The molecule has 6 nitrogen and oxygen atoms in total. The third-order valence-electron chi connectivity index (χ3n) is 2.66. The number of nitrogens with one attached hydrogen (secondary N) is 1. The molecule has 0 unspecified atom stereocenters. The van der Waals surface area contributed by atoms with E-state index in [4.69, 9.17) is 11.6 Å². The van der Waals surface area contributed by atoms with Crippen LogP contribution in [0.25, 0.3) is 11.0 Å². The van der Waals surface area contributed by atoms with Crippen molar-refractivity contribution in [2.24, 2.45) is 7.05 Å². The van der Waals surface area contributed by atoms with Crippen molar-refractivity contribution in [3.05, 3.63) is 33.6 Å². The molecule has 1 aromatic heterocycles. The quantitative estimate of drug-likeness (QED) is 0.836. The van der Waals surface area contributed by atoms with Crippen LogP contribution in [0.3, 0.4) is 0 Å². The summed E-state index contributed by atoms with van der Waals surface area (Å²) in [7, 11) is 3.20. The highest BCUT2D eigenvalue weighted by atomic mass is 35.5. The Labute approximate surface area is 114 Å². The van der Waals surface area contributed by atoms with Crippen LogP contribution in [-0.4, -0.2) is 22.5 Å². The fourth-order valence-electron chi connectivity index (χ4n) is 1.79. The summed E-state index contributed by atoms with van der Waals surface area (Å²) < 4.78 is 1.45. The predicted octanol–water partition coefficient (Wildman–Crippen LogP) is 1.07. The highest BCUT2D eigenvalue weighted by Crippen LogP contribution is 2.17. The Morgan fingerprint density at radius 3 is 2.79 bits per heavy atom. The van der Waals surface area contributed by atoms with Gasteiger partial charge in [0, 0.05) is 26.0 Å². The lowest BCUT2D eigenvalue weighted by molar-refractivity contribution is -0.119. The van der Waals surface area contributed by atoms with Gasteiger partial charge < -0.3 is 4.57 Å². The van der Waals surface area contributed by atoms with Crippen LogP contribution in [0.15, 0.2) is 23.0 Å². The van der Waals surface area contributed by atoms with Crippen molar-refractivity contribution in [3.8, 4) is 0 Å². The maximum atomic E-state index is 12.2. The number of carbonyl (C=O) groups is 1. The molecule has 19 heavy (non-hydrogen) atoms. The first-order chi connectivity index (χ1) is 8.90. The van der Waals surface area contributed by atoms with Crippen LogP contribution >= 0.6 is 11.6 Å². The van der Waals surface area contributed by atoms with E-state index in [1.54, 1.807) is 32.3 Å². The zero-order valence-corrected chi connectivity index (χ0v) is 11.5. The second kappa shape index (κ2) is 4.89. The van der Waals surface area contributed by atoms with Gasteiger partial charge in [-0.2, -0.15) is 0 Å². The summed E-state index contributed by atoms with van der Waals surface area (Å²) in [6, 6.07) is 5.10. The molecule has 2 rings (SSSR count). The number of nitrogens with zero attached hydrogens (tertiary/aromatic N) is 3. The molecule has 0 fully saturated rings. The first kappa shape index (κ1) is 13.4. The SMILES string of the molecule is CC(=O)NN(C)c1nc2ccc(Cl)cc2n(C)c1=O. The van der Waals surface area contributed by atoms with E-state index in [0.29, 0.717) is 16.1 Å². The van der Waals surface area contributed by atoms with Gasteiger partial charge in [0.25, 0.3) is 5.56 Å². The lowest BCUT2D eigenvalue weighted by atomic mass is 10.3. The van der Waals surface area contributed by atoms with E-state index in [1.165, 1.54) is 16.5 Å². The van der Waals surface area contributed by atoms with Crippen molar-refractivity contribution in [2.75, 3.05) is 12.1 Å². The Morgan fingerprint density at radius 2 is 2.16 bits per heavy atom. The van der Waals surface area contributed by atoms with Crippen LogP contribution in [0, 0.1) is 0 Å². The number of fused-ring (bicyclic) bond motifs is 1. The zero-order chi connectivity index (χ0) is 14.2. The van der Waals surface area contributed by atoms with Crippen molar-refractivity contribution >= 4 is 34.4 Å². The van der Waals surface area contributed by atoms with E-state index in [2.05, 4.69) is 10.4 Å². The Balaban J connectivity index is 2.64. The summed E-state index contributed by atoms with van der Waals surface area (Å²) >= 11 is 5.90. The van der Waals surface area contributed by atoms with Crippen molar-refractivity contribution in [1.82, 2.24) is 15.0 Å². The maximum Gasteiger partial charge on any atom is 0.295 e. The molecule has 0 saturated heterocycles. The average Bonchev–Trinajstić information content (AvgIpc) is 2.33. The van der Waals surface area contributed by atoms with Crippen molar-refractivity contribution in [3.63, 3.8) is 0 Å². The van der Waals surface area contributed by atoms with Crippen LogP contribution in [0.5, 0.6) is 0 Å². The van der Waals surface area contributed by atoms with Gasteiger partial charge in [0.1, 0.15) is 0 Å². The molecular formula is C12H13ClN4O2. The molecule has 0 aliphatic rings. The van der Waals surface area contributed by atoms with Gasteiger partial charge in [0.15, 0.2) is 0 Å². The van der Waals surface area contributed by atoms with Gasteiger partial charge in [-0.25, -0.2) is 4.98 Å². The summed E-state index contributed by atoms with van der Waals surface area (Å²) in [5.41, 5.74) is 3.44. The molecule has 1 heterocycles. The van der Waals surface area contributed by atoms with E-state index in [1.807, 2.05) is 0 Å². The standard InChI is InChI=1S/C12H13ClN4O2/c1-7(18)15-17(3)11-12(19)16(2)10-6-8(13)4-5-9(10)14-11/h4-6H,1-3H3,(H,15,18). The molecule has 1 aromatic carbocycles. The van der Waals surface area contributed by atoms with Crippen LogP contribution in [0.2, 0.25) is 5.02 Å². The van der Waals surface area contributed by atoms with Crippen molar-refractivity contribution in [1.29, 1.82) is 0 Å². The molecule has 2 aromatic rings. The predicted molar refractivity (Wildman–Crippen MR) is 74.2 cm³/mol. The Bertz CT molecular complexity index is 711. The molecule has 0 radical (unpaired) electrons. The summed E-state index contributed by atoms with van der Waals surface area (Å²) in [5, 5.41) is 1.84. The molecular weight excluding hydrogens is 268 g/mol. The summed E-state index contributed by atoms with van der Waals surface area (Å²) in [5.74, 6) is -0.130. The number of anilines is 1. The highest BCUT2D eigenvalue weighted by Gasteiger charge is 2.13. The van der Waals surface area contributed by atoms with Crippen LogP contribution in [-0.2, 0) is 11.8 Å². The van der Waals surface area contributed by atoms with Gasteiger partial charge in [-0.05, 0) is 18.2 Å². The fourth-order valence-corrected chi connectivity index (χ4v) is 1.96. The number of rotatable bonds is 2. The summed E-state index contributed by atoms with van der Waals surface area (Å²) in [6.07, 6.45) is 0. The van der Waals surface area contributed by atoms with Crippen LogP contribution in [0.1, 0.15) is 6.92 Å². The number of benzene rings is 1. The first-order valence-electron chi connectivity index (χ1n) is 5.57.